The van der Waals surface area contributed by atoms with Crippen molar-refractivity contribution in [2.75, 3.05) is 18.4 Å². The average Bonchev–Trinajstić information content (AvgIpc) is 3.16. The van der Waals surface area contributed by atoms with Crippen molar-refractivity contribution in [3.8, 4) is 6.07 Å². The quantitative estimate of drug-likeness (QED) is 0.649. The molecule has 0 saturated heterocycles. The number of amides is 1. The van der Waals surface area contributed by atoms with Gasteiger partial charge in [-0.05, 0) is 42.3 Å². The smallest absolute Gasteiger partial charge is 0.412 e. The van der Waals surface area contributed by atoms with E-state index in [2.05, 4.69) is 32.7 Å². The van der Waals surface area contributed by atoms with Crippen LogP contribution in [0.2, 0.25) is 0 Å². The molecule has 2 aromatic heterocycles. The van der Waals surface area contributed by atoms with E-state index in [1.165, 1.54) is 5.57 Å². The summed E-state index contributed by atoms with van der Waals surface area (Å²) in [7, 11) is 0. The summed E-state index contributed by atoms with van der Waals surface area (Å²) in [4.78, 5) is 19.7. The van der Waals surface area contributed by atoms with Gasteiger partial charge in [0.15, 0.2) is 0 Å². The molecule has 3 heterocycles. The predicted molar refractivity (Wildman–Crippen MR) is 107 cm³/mol. The highest BCUT2D eigenvalue weighted by atomic mass is 16.5. The van der Waals surface area contributed by atoms with Crippen LogP contribution >= 0.6 is 0 Å². The lowest BCUT2D eigenvalue weighted by Crippen LogP contribution is -2.19. The topological polar surface area (TPSA) is 103 Å². The molecule has 3 N–H and O–H groups in total. The Morgan fingerprint density at radius 2 is 2.29 bits per heavy atom. The summed E-state index contributed by atoms with van der Waals surface area (Å²) in [6, 6.07) is 10.9. The molecule has 7 nitrogen and oxygen atoms in total. The summed E-state index contributed by atoms with van der Waals surface area (Å²) >= 11 is 0. The Hall–Kier alpha value is -3.63. The summed E-state index contributed by atoms with van der Waals surface area (Å²) in [5.41, 5.74) is 5.01. The maximum atomic E-state index is 12.1. The maximum Gasteiger partial charge on any atom is 0.412 e. The molecule has 0 unspecified atom stereocenters. The van der Waals surface area contributed by atoms with Crippen LogP contribution < -0.4 is 10.6 Å². The van der Waals surface area contributed by atoms with Crippen LogP contribution in [0.3, 0.4) is 0 Å². The number of benzene rings is 1. The number of aromatic amines is 1. The SMILES string of the molecule is N#Cc1cccc(COC(=O)Nc2cnc3[nH]cc(C4=CCNCC4)c3c2)c1. The van der Waals surface area contributed by atoms with Gasteiger partial charge in [-0.1, -0.05) is 18.2 Å². The van der Waals surface area contributed by atoms with E-state index in [0.29, 0.717) is 11.3 Å². The molecule has 3 aromatic rings. The molecule has 1 aromatic carbocycles. The number of anilines is 1. The first-order valence-corrected chi connectivity index (χ1v) is 9.03. The molecule has 7 heteroatoms. The van der Waals surface area contributed by atoms with Gasteiger partial charge in [0.25, 0.3) is 0 Å². The minimum absolute atomic E-state index is 0.0896. The molecule has 0 aliphatic carbocycles. The van der Waals surface area contributed by atoms with E-state index >= 15 is 0 Å². The molecule has 1 aliphatic heterocycles. The zero-order valence-electron chi connectivity index (χ0n) is 15.2. The van der Waals surface area contributed by atoms with Gasteiger partial charge in [0.1, 0.15) is 12.3 Å². The van der Waals surface area contributed by atoms with Crippen LogP contribution in [0.25, 0.3) is 16.6 Å². The second-order valence-electron chi connectivity index (χ2n) is 6.52. The van der Waals surface area contributed by atoms with E-state index in [9.17, 15) is 4.79 Å². The Morgan fingerprint density at radius 1 is 1.36 bits per heavy atom. The fraction of sp³-hybridized carbons (Fsp3) is 0.190. The van der Waals surface area contributed by atoms with Gasteiger partial charge < -0.3 is 15.0 Å². The van der Waals surface area contributed by atoms with Crippen LogP contribution in [0.5, 0.6) is 0 Å². The number of nitrogens with one attached hydrogen (secondary N) is 3. The van der Waals surface area contributed by atoms with E-state index < -0.39 is 6.09 Å². The number of carbonyl (C=O) groups is 1. The Balaban J connectivity index is 1.46. The van der Waals surface area contributed by atoms with Crippen molar-refractivity contribution in [3.63, 3.8) is 0 Å². The van der Waals surface area contributed by atoms with Crippen LogP contribution in [0.15, 0.2) is 48.8 Å². The monoisotopic (exact) mass is 373 g/mol. The van der Waals surface area contributed by atoms with Gasteiger partial charge in [-0.3, -0.25) is 5.32 Å². The molecule has 4 rings (SSSR count). The number of nitriles is 1. The summed E-state index contributed by atoms with van der Waals surface area (Å²) in [5, 5.41) is 15.9. The van der Waals surface area contributed by atoms with E-state index in [0.717, 1.165) is 41.7 Å². The molecule has 0 atom stereocenters. The number of carbonyl (C=O) groups excluding carboxylic acids is 1. The van der Waals surface area contributed by atoms with E-state index in [1.54, 1.807) is 30.5 Å². The number of fused-ring (bicyclic) bond motifs is 1. The van der Waals surface area contributed by atoms with Crippen molar-refractivity contribution in [3.05, 3.63) is 65.5 Å². The molecule has 28 heavy (non-hydrogen) atoms. The number of hydrogen-bond donors (Lipinski definition) is 3. The number of aromatic nitrogens is 2. The van der Waals surface area contributed by atoms with Gasteiger partial charge in [-0.2, -0.15) is 5.26 Å². The molecule has 1 amide bonds. The number of pyridine rings is 1. The van der Waals surface area contributed by atoms with E-state index in [1.807, 2.05) is 12.3 Å². The minimum Gasteiger partial charge on any atom is -0.444 e. The van der Waals surface area contributed by atoms with Gasteiger partial charge in [0, 0.05) is 23.7 Å². The van der Waals surface area contributed by atoms with Gasteiger partial charge in [-0.15, -0.1) is 0 Å². The fourth-order valence-electron chi connectivity index (χ4n) is 3.24. The lowest BCUT2D eigenvalue weighted by Gasteiger charge is -2.13. The Labute approximate surface area is 162 Å². The summed E-state index contributed by atoms with van der Waals surface area (Å²) in [6.45, 7) is 1.89. The van der Waals surface area contributed by atoms with Crippen molar-refractivity contribution in [1.29, 1.82) is 5.26 Å². The van der Waals surface area contributed by atoms with Crippen molar-refractivity contribution in [1.82, 2.24) is 15.3 Å². The molecule has 0 spiro atoms. The van der Waals surface area contributed by atoms with Crippen molar-refractivity contribution >= 4 is 28.4 Å². The molecule has 140 valence electrons. The predicted octanol–water partition coefficient (Wildman–Crippen LogP) is 3.56. The second kappa shape index (κ2) is 7.94. The molecule has 0 saturated carbocycles. The molecule has 0 bridgehead atoms. The molecule has 0 radical (unpaired) electrons. The van der Waals surface area contributed by atoms with E-state index in [-0.39, 0.29) is 6.61 Å². The number of hydrogen-bond acceptors (Lipinski definition) is 5. The average molecular weight is 373 g/mol. The summed E-state index contributed by atoms with van der Waals surface area (Å²) in [6.07, 6.45) is 6.11. The molecular weight excluding hydrogens is 354 g/mol. The second-order valence-corrected chi connectivity index (χ2v) is 6.52. The molecule has 0 fully saturated rings. The minimum atomic E-state index is -0.568. The van der Waals surface area contributed by atoms with Crippen LogP contribution in [-0.4, -0.2) is 29.2 Å². The first-order chi connectivity index (χ1) is 13.7. The van der Waals surface area contributed by atoms with E-state index in [4.69, 9.17) is 10.00 Å². The Morgan fingerprint density at radius 3 is 3.11 bits per heavy atom. The van der Waals surface area contributed by atoms with Crippen LogP contribution in [0.1, 0.15) is 23.1 Å². The standard InChI is InChI=1S/C21H19N5O2/c22-10-14-2-1-3-15(8-14)13-28-21(27)26-17-9-18-19(12-25-20(18)24-11-17)16-4-6-23-7-5-16/h1-4,8-9,11-12,23H,5-7,13H2,(H,24,25)(H,26,27). The summed E-state index contributed by atoms with van der Waals surface area (Å²) in [5.74, 6) is 0. The third-order valence-corrected chi connectivity index (χ3v) is 4.61. The van der Waals surface area contributed by atoms with Crippen molar-refractivity contribution < 1.29 is 9.53 Å². The highest BCUT2D eigenvalue weighted by Gasteiger charge is 2.13. The third kappa shape index (κ3) is 3.87. The molecule has 1 aliphatic rings. The van der Waals surface area contributed by atoms with Gasteiger partial charge in [0.05, 0.1) is 23.5 Å². The lowest BCUT2D eigenvalue weighted by atomic mass is 10.0. The van der Waals surface area contributed by atoms with Gasteiger partial charge in [0.2, 0.25) is 0 Å². The highest BCUT2D eigenvalue weighted by Crippen LogP contribution is 2.28. The number of H-pyrrole nitrogens is 1. The third-order valence-electron chi connectivity index (χ3n) is 4.61. The van der Waals surface area contributed by atoms with Crippen molar-refractivity contribution in [2.45, 2.75) is 13.0 Å². The Bertz CT molecular complexity index is 1090. The van der Waals surface area contributed by atoms with Crippen LogP contribution in [0.4, 0.5) is 10.5 Å². The first-order valence-electron chi connectivity index (χ1n) is 9.03. The number of ether oxygens (including phenoxy) is 1. The zero-order valence-corrected chi connectivity index (χ0v) is 15.2. The normalized spacial score (nSPS) is 13.6. The van der Waals surface area contributed by atoms with Crippen molar-refractivity contribution in [2.24, 2.45) is 0 Å². The van der Waals surface area contributed by atoms with Crippen LogP contribution in [0, 0.1) is 11.3 Å². The number of nitrogens with zero attached hydrogens (tertiary/aromatic N) is 2. The largest absolute Gasteiger partial charge is 0.444 e. The van der Waals surface area contributed by atoms with Crippen LogP contribution in [-0.2, 0) is 11.3 Å². The Kier molecular flexibility index (Phi) is 5.04. The maximum absolute atomic E-state index is 12.1. The molecular formula is C21H19N5O2. The first kappa shape index (κ1) is 17.8. The fourth-order valence-corrected chi connectivity index (χ4v) is 3.24. The highest BCUT2D eigenvalue weighted by molar-refractivity contribution is 5.94. The summed E-state index contributed by atoms with van der Waals surface area (Å²) < 4.78 is 5.26. The van der Waals surface area contributed by atoms with Gasteiger partial charge >= 0.3 is 6.09 Å². The lowest BCUT2D eigenvalue weighted by molar-refractivity contribution is 0.155. The number of rotatable bonds is 4. The zero-order chi connectivity index (χ0) is 19.3. The van der Waals surface area contributed by atoms with Gasteiger partial charge in [-0.25, -0.2) is 9.78 Å².